The molecule has 3 heterocycles. The van der Waals surface area contributed by atoms with E-state index in [1.807, 2.05) is 0 Å². The Morgan fingerprint density at radius 2 is 2.36 bits per heavy atom. The summed E-state index contributed by atoms with van der Waals surface area (Å²) >= 11 is 0. The first-order chi connectivity index (χ1) is 10.4. The Morgan fingerprint density at radius 1 is 1.64 bits per heavy atom. The SMILES string of the molecule is C#C[C@@]1(O)[C@H](O)[C@@H](CO)O[C@@H]1n1cnc2c(=O)[nH]c(N)nc21. The van der Waals surface area contributed by atoms with Gasteiger partial charge in [0.05, 0.1) is 12.9 Å². The van der Waals surface area contributed by atoms with Gasteiger partial charge < -0.3 is 25.8 Å². The number of ether oxygens (including phenoxy) is 1. The van der Waals surface area contributed by atoms with Crippen LogP contribution >= 0.6 is 0 Å². The van der Waals surface area contributed by atoms with Crippen LogP contribution in [-0.2, 0) is 4.74 Å². The van der Waals surface area contributed by atoms with E-state index in [-0.39, 0.29) is 17.1 Å². The minimum Gasteiger partial charge on any atom is -0.394 e. The lowest BCUT2D eigenvalue weighted by atomic mass is 9.95. The number of aromatic nitrogens is 4. The molecule has 0 saturated carbocycles. The molecule has 1 aliphatic heterocycles. The summed E-state index contributed by atoms with van der Waals surface area (Å²) < 4.78 is 6.59. The zero-order valence-corrected chi connectivity index (χ0v) is 11.2. The van der Waals surface area contributed by atoms with Gasteiger partial charge in [-0.3, -0.25) is 14.3 Å². The quantitative estimate of drug-likeness (QED) is 0.375. The van der Waals surface area contributed by atoms with Gasteiger partial charge in [0.15, 0.2) is 23.0 Å². The molecule has 2 aromatic rings. The number of imidazole rings is 1. The Morgan fingerprint density at radius 3 is 3.00 bits per heavy atom. The lowest BCUT2D eigenvalue weighted by molar-refractivity contribution is -0.0721. The van der Waals surface area contributed by atoms with E-state index in [0.29, 0.717) is 0 Å². The van der Waals surface area contributed by atoms with Crippen molar-refractivity contribution in [1.29, 1.82) is 0 Å². The van der Waals surface area contributed by atoms with Gasteiger partial charge in [-0.2, -0.15) is 4.98 Å². The molecule has 6 N–H and O–H groups in total. The van der Waals surface area contributed by atoms with E-state index in [1.54, 1.807) is 0 Å². The minimum absolute atomic E-state index is 0.0286. The molecule has 0 aromatic carbocycles. The van der Waals surface area contributed by atoms with Crippen LogP contribution in [0.3, 0.4) is 0 Å². The van der Waals surface area contributed by atoms with Crippen LogP contribution in [0.4, 0.5) is 5.95 Å². The van der Waals surface area contributed by atoms with Gasteiger partial charge >= 0.3 is 0 Å². The van der Waals surface area contributed by atoms with Crippen molar-refractivity contribution < 1.29 is 20.1 Å². The van der Waals surface area contributed by atoms with E-state index in [0.717, 1.165) is 0 Å². The molecule has 4 atom stereocenters. The number of aliphatic hydroxyl groups excluding tert-OH is 2. The van der Waals surface area contributed by atoms with Gasteiger partial charge in [-0.25, -0.2) is 4.98 Å². The Kier molecular flexibility index (Phi) is 3.15. The molecule has 10 nitrogen and oxygen atoms in total. The number of aromatic amines is 1. The van der Waals surface area contributed by atoms with Gasteiger partial charge in [-0.05, 0) is 0 Å². The van der Waals surface area contributed by atoms with E-state index in [4.69, 9.17) is 16.9 Å². The lowest BCUT2D eigenvalue weighted by Gasteiger charge is -2.26. The Hall–Kier alpha value is -2.45. The predicted molar refractivity (Wildman–Crippen MR) is 73.3 cm³/mol. The second-order valence-corrected chi connectivity index (χ2v) is 4.90. The van der Waals surface area contributed by atoms with Crippen molar-refractivity contribution in [2.45, 2.75) is 24.0 Å². The summed E-state index contributed by atoms with van der Waals surface area (Å²) in [6.45, 7) is -0.551. The van der Waals surface area contributed by atoms with Gasteiger partial charge in [0.1, 0.15) is 12.2 Å². The molecule has 1 saturated heterocycles. The van der Waals surface area contributed by atoms with Gasteiger partial charge in [0.2, 0.25) is 5.95 Å². The highest BCUT2D eigenvalue weighted by atomic mass is 16.6. The molecule has 0 spiro atoms. The molecule has 0 bridgehead atoms. The number of nitrogens with zero attached hydrogens (tertiary/aromatic N) is 3. The number of aliphatic hydroxyl groups is 3. The summed E-state index contributed by atoms with van der Waals surface area (Å²) in [6, 6.07) is 0. The van der Waals surface area contributed by atoms with Crippen molar-refractivity contribution in [3.8, 4) is 12.3 Å². The van der Waals surface area contributed by atoms with Crippen molar-refractivity contribution in [3.05, 3.63) is 16.7 Å². The fourth-order valence-corrected chi connectivity index (χ4v) is 2.47. The average Bonchev–Trinajstić information content (AvgIpc) is 3.00. The number of terminal acetylenes is 1. The molecule has 0 radical (unpaired) electrons. The van der Waals surface area contributed by atoms with Crippen LogP contribution < -0.4 is 11.3 Å². The van der Waals surface area contributed by atoms with Gasteiger partial charge in [0, 0.05) is 0 Å². The molecule has 1 aliphatic rings. The number of nitrogens with one attached hydrogen (secondary N) is 1. The number of H-pyrrole nitrogens is 1. The number of nitrogens with two attached hydrogens (primary N) is 1. The van der Waals surface area contributed by atoms with E-state index < -0.39 is 36.2 Å². The summed E-state index contributed by atoms with van der Waals surface area (Å²) in [5.74, 6) is 1.91. The maximum absolute atomic E-state index is 11.8. The standard InChI is InChI=1S/C12H13N5O5/c1-2-12(21)7(19)5(3-18)22-10(12)17-4-14-6-8(17)15-11(13)16-9(6)20/h1,4-5,7,10,18-19,21H,3H2,(H3,13,15,16,20)/t5-,7-,10+,12-/m1/s1. The summed E-state index contributed by atoms with van der Waals surface area (Å²) in [5, 5.41) is 29.7. The van der Waals surface area contributed by atoms with Gasteiger partial charge in [-0.1, -0.05) is 5.92 Å². The molecule has 1 fully saturated rings. The largest absolute Gasteiger partial charge is 0.394 e. The maximum Gasteiger partial charge on any atom is 0.280 e. The molecule has 0 unspecified atom stereocenters. The van der Waals surface area contributed by atoms with Crippen molar-refractivity contribution in [2.75, 3.05) is 12.3 Å². The summed E-state index contributed by atoms with van der Waals surface area (Å²) in [5.41, 5.74) is 2.80. The number of anilines is 1. The Labute approximate surface area is 123 Å². The van der Waals surface area contributed by atoms with E-state index in [2.05, 4.69) is 20.9 Å². The van der Waals surface area contributed by atoms with Crippen molar-refractivity contribution >= 4 is 17.1 Å². The van der Waals surface area contributed by atoms with Crippen LogP contribution in [0.1, 0.15) is 6.23 Å². The smallest absolute Gasteiger partial charge is 0.280 e. The lowest BCUT2D eigenvalue weighted by Crippen LogP contribution is -2.45. The highest BCUT2D eigenvalue weighted by molar-refractivity contribution is 5.70. The van der Waals surface area contributed by atoms with Crippen LogP contribution in [0, 0.1) is 12.3 Å². The van der Waals surface area contributed by atoms with Gasteiger partial charge in [-0.15, -0.1) is 6.42 Å². The summed E-state index contributed by atoms with van der Waals surface area (Å²) in [4.78, 5) is 21.9. The van der Waals surface area contributed by atoms with Crippen LogP contribution in [0.25, 0.3) is 11.2 Å². The second-order valence-electron chi connectivity index (χ2n) is 4.90. The predicted octanol–water partition coefficient (Wildman–Crippen LogP) is -2.68. The summed E-state index contributed by atoms with van der Waals surface area (Å²) in [6.07, 6.45) is 2.59. The number of hydrogen-bond donors (Lipinski definition) is 5. The maximum atomic E-state index is 11.8. The monoisotopic (exact) mass is 307 g/mol. The minimum atomic E-state index is -2.12. The van der Waals surface area contributed by atoms with Gasteiger partial charge in [0.25, 0.3) is 5.56 Å². The first kappa shape index (κ1) is 14.5. The molecular weight excluding hydrogens is 294 g/mol. The van der Waals surface area contributed by atoms with E-state index >= 15 is 0 Å². The molecule has 22 heavy (non-hydrogen) atoms. The van der Waals surface area contributed by atoms with Crippen molar-refractivity contribution in [3.63, 3.8) is 0 Å². The van der Waals surface area contributed by atoms with Crippen molar-refractivity contribution in [1.82, 2.24) is 19.5 Å². The zero-order valence-electron chi connectivity index (χ0n) is 11.2. The fourth-order valence-electron chi connectivity index (χ4n) is 2.47. The third kappa shape index (κ3) is 1.81. The van der Waals surface area contributed by atoms with E-state index in [9.17, 15) is 20.1 Å². The molecule has 116 valence electrons. The van der Waals surface area contributed by atoms with Crippen LogP contribution in [0.2, 0.25) is 0 Å². The topological polar surface area (TPSA) is 160 Å². The number of nitrogen functional groups attached to an aromatic ring is 1. The number of fused-ring (bicyclic) bond motifs is 1. The third-order valence-corrected chi connectivity index (χ3v) is 3.60. The molecular formula is C12H13N5O5. The molecule has 2 aromatic heterocycles. The number of hydrogen-bond acceptors (Lipinski definition) is 8. The number of rotatable bonds is 2. The highest BCUT2D eigenvalue weighted by Gasteiger charge is 2.55. The first-order valence-corrected chi connectivity index (χ1v) is 6.29. The fraction of sp³-hybridized carbons (Fsp3) is 0.417. The highest BCUT2D eigenvalue weighted by Crippen LogP contribution is 2.38. The molecule has 0 amide bonds. The van der Waals surface area contributed by atoms with Crippen LogP contribution in [-0.4, -0.2) is 59.3 Å². The summed E-state index contributed by atoms with van der Waals surface area (Å²) in [7, 11) is 0. The van der Waals surface area contributed by atoms with Crippen molar-refractivity contribution in [2.24, 2.45) is 0 Å². The molecule has 10 heteroatoms. The van der Waals surface area contributed by atoms with Crippen LogP contribution in [0.15, 0.2) is 11.1 Å². The normalized spacial score (nSPS) is 31.5. The second kappa shape index (κ2) is 4.79. The average molecular weight is 307 g/mol. The van der Waals surface area contributed by atoms with Crippen LogP contribution in [0.5, 0.6) is 0 Å². The molecule has 3 rings (SSSR count). The Bertz CT molecular complexity index is 823. The zero-order chi connectivity index (χ0) is 16.1. The first-order valence-electron chi connectivity index (χ1n) is 6.29. The Balaban J connectivity index is 2.19. The van der Waals surface area contributed by atoms with E-state index in [1.165, 1.54) is 10.9 Å². The molecule has 0 aliphatic carbocycles. The third-order valence-electron chi connectivity index (χ3n) is 3.60.